The van der Waals surface area contributed by atoms with E-state index in [1.807, 2.05) is 0 Å². The van der Waals surface area contributed by atoms with Crippen LogP contribution in [0.1, 0.15) is 39.0 Å². The molecule has 0 aromatic rings. The Kier molecular flexibility index (Phi) is 2.89. The molecule has 1 saturated heterocycles. The fourth-order valence-corrected chi connectivity index (χ4v) is 2.04. The van der Waals surface area contributed by atoms with Crippen molar-refractivity contribution in [3.63, 3.8) is 0 Å². The molecule has 13 heavy (non-hydrogen) atoms. The van der Waals surface area contributed by atoms with E-state index in [1.54, 1.807) is 0 Å². The third kappa shape index (κ3) is 2.44. The second-order valence-electron chi connectivity index (χ2n) is 4.93. The van der Waals surface area contributed by atoms with E-state index in [2.05, 4.69) is 12.2 Å². The Morgan fingerprint density at radius 3 is 2.54 bits per heavy atom. The maximum atomic E-state index is 5.38. The number of hydrogen-bond acceptors (Lipinski definition) is 2. The van der Waals surface area contributed by atoms with E-state index in [0.717, 1.165) is 19.3 Å². The average molecular weight is 183 g/mol. The van der Waals surface area contributed by atoms with Gasteiger partial charge in [-0.2, -0.15) is 0 Å². The maximum absolute atomic E-state index is 5.38. The monoisotopic (exact) mass is 183 g/mol. The van der Waals surface area contributed by atoms with Gasteiger partial charge in [-0.25, -0.2) is 0 Å². The average Bonchev–Trinajstić information content (AvgIpc) is 2.02. The van der Waals surface area contributed by atoms with Gasteiger partial charge in [0, 0.05) is 25.8 Å². The zero-order chi connectivity index (χ0) is 9.15. The van der Waals surface area contributed by atoms with E-state index in [1.165, 1.54) is 38.6 Å². The molecular weight excluding hydrogens is 162 g/mol. The molecule has 1 aliphatic carbocycles. The van der Waals surface area contributed by atoms with E-state index < -0.39 is 0 Å². The molecule has 1 heterocycles. The van der Waals surface area contributed by atoms with Crippen LogP contribution in [0.5, 0.6) is 0 Å². The van der Waals surface area contributed by atoms with Gasteiger partial charge in [0.25, 0.3) is 0 Å². The van der Waals surface area contributed by atoms with Crippen molar-refractivity contribution in [2.24, 2.45) is 5.41 Å². The van der Waals surface area contributed by atoms with Crippen LogP contribution < -0.4 is 5.32 Å². The molecule has 0 radical (unpaired) electrons. The van der Waals surface area contributed by atoms with Crippen LogP contribution in [0.4, 0.5) is 0 Å². The number of rotatable bonds is 3. The summed E-state index contributed by atoms with van der Waals surface area (Å²) in [5.74, 6) is 0. The quantitative estimate of drug-likeness (QED) is 0.722. The zero-order valence-corrected chi connectivity index (χ0v) is 8.64. The molecule has 1 saturated carbocycles. The van der Waals surface area contributed by atoms with E-state index in [0.29, 0.717) is 5.41 Å². The summed E-state index contributed by atoms with van der Waals surface area (Å²) in [6, 6.07) is 0.833. The van der Waals surface area contributed by atoms with Crippen molar-refractivity contribution in [2.45, 2.75) is 45.1 Å². The molecular formula is C11H21NO. The van der Waals surface area contributed by atoms with Gasteiger partial charge >= 0.3 is 0 Å². The van der Waals surface area contributed by atoms with Crippen molar-refractivity contribution in [2.75, 3.05) is 19.8 Å². The predicted molar refractivity (Wildman–Crippen MR) is 53.8 cm³/mol. The fourth-order valence-electron chi connectivity index (χ4n) is 2.04. The third-order valence-electron chi connectivity index (χ3n) is 3.62. The first-order valence-corrected chi connectivity index (χ1v) is 5.60. The summed E-state index contributed by atoms with van der Waals surface area (Å²) in [6.45, 7) is 5.51. The molecule has 0 spiro atoms. The lowest BCUT2D eigenvalue weighted by atomic mass is 9.81. The minimum atomic E-state index is 0.508. The van der Waals surface area contributed by atoms with Crippen molar-refractivity contribution >= 4 is 0 Å². The number of hydrogen-bond donors (Lipinski definition) is 1. The van der Waals surface area contributed by atoms with Crippen LogP contribution in [-0.2, 0) is 4.74 Å². The predicted octanol–water partition coefficient (Wildman–Crippen LogP) is 1.95. The van der Waals surface area contributed by atoms with Crippen LogP contribution in [0.25, 0.3) is 0 Å². The summed E-state index contributed by atoms with van der Waals surface area (Å²) in [7, 11) is 0. The number of ether oxygens (including phenoxy) is 1. The highest BCUT2D eigenvalue weighted by atomic mass is 16.5. The van der Waals surface area contributed by atoms with Crippen LogP contribution in [-0.4, -0.2) is 25.8 Å². The highest BCUT2D eigenvalue weighted by molar-refractivity contribution is 4.84. The topological polar surface area (TPSA) is 21.3 Å². The van der Waals surface area contributed by atoms with Gasteiger partial charge in [0.2, 0.25) is 0 Å². The summed E-state index contributed by atoms with van der Waals surface area (Å²) in [5.41, 5.74) is 0.508. The van der Waals surface area contributed by atoms with Crippen LogP contribution in [0.2, 0.25) is 0 Å². The van der Waals surface area contributed by atoms with E-state index >= 15 is 0 Å². The maximum Gasteiger partial charge on any atom is 0.0471 e. The van der Waals surface area contributed by atoms with Gasteiger partial charge in [-0.3, -0.25) is 0 Å². The lowest BCUT2D eigenvalue weighted by Crippen LogP contribution is -2.43. The van der Waals surface area contributed by atoms with E-state index in [4.69, 9.17) is 4.74 Å². The molecule has 0 unspecified atom stereocenters. The third-order valence-corrected chi connectivity index (χ3v) is 3.62. The molecule has 0 aromatic carbocycles. The Balaban J connectivity index is 1.71. The van der Waals surface area contributed by atoms with Gasteiger partial charge in [0.1, 0.15) is 0 Å². The Labute approximate surface area is 81.0 Å². The lowest BCUT2D eigenvalue weighted by molar-refractivity contribution is 0.0216. The normalized spacial score (nSPS) is 28.4. The SMILES string of the molecule is CC1(CNC2CCC2)CCOCC1. The van der Waals surface area contributed by atoms with Gasteiger partial charge in [-0.1, -0.05) is 13.3 Å². The molecule has 2 fully saturated rings. The smallest absolute Gasteiger partial charge is 0.0471 e. The molecule has 0 aromatic heterocycles. The minimum absolute atomic E-state index is 0.508. The highest BCUT2D eigenvalue weighted by Crippen LogP contribution is 2.29. The van der Waals surface area contributed by atoms with Gasteiger partial charge < -0.3 is 10.1 Å². The molecule has 0 bridgehead atoms. The standard InChI is InChI=1S/C11H21NO/c1-11(5-7-13-8-6-11)9-12-10-3-2-4-10/h10,12H,2-9H2,1H3. The minimum Gasteiger partial charge on any atom is -0.381 e. The van der Waals surface area contributed by atoms with Gasteiger partial charge in [-0.05, 0) is 31.1 Å². The van der Waals surface area contributed by atoms with Crippen molar-refractivity contribution in [1.82, 2.24) is 5.32 Å². The van der Waals surface area contributed by atoms with E-state index in [9.17, 15) is 0 Å². The molecule has 0 amide bonds. The Morgan fingerprint density at radius 2 is 2.00 bits per heavy atom. The second kappa shape index (κ2) is 3.97. The zero-order valence-electron chi connectivity index (χ0n) is 8.64. The van der Waals surface area contributed by atoms with Crippen LogP contribution >= 0.6 is 0 Å². The Hall–Kier alpha value is -0.0800. The summed E-state index contributed by atoms with van der Waals surface area (Å²) in [6.07, 6.45) is 6.68. The van der Waals surface area contributed by atoms with Crippen molar-refractivity contribution in [1.29, 1.82) is 0 Å². The van der Waals surface area contributed by atoms with Crippen molar-refractivity contribution in [3.05, 3.63) is 0 Å². The second-order valence-corrected chi connectivity index (χ2v) is 4.93. The first kappa shape index (κ1) is 9.47. The van der Waals surface area contributed by atoms with E-state index in [-0.39, 0.29) is 0 Å². The van der Waals surface area contributed by atoms with Crippen LogP contribution in [0.15, 0.2) is 0 Å². The summed E-state index contributed by atoms with van der Waals surface area (Å²) in [4.78, 5) is 0. The van der Waals surface area contributed by atoms with Crippen LogP contribution in [0, 0.1) is 5.41 Å². The molecule has 2 rings (SSSR count). The fraction of sp³-hybridized carbons (Fsp3) is 1.00. The van der Waals surface area contributed by atoms with Gasteiger partial charge in [-0.15, -0.1) is 0 Å². The summed E-state index contributed by atoms with van der Waals surface area (Å²) < 4.78 is 5.38. The van der Waals surface area contributed by atoms with Gasteiger partial charge in [0.15, 0.2) is 0 Å². The largest absolute Gasteiger partial charge is 0.381 e. The molecule has 76 valence electrons. The first-order valence-electron chi connectivity index (χ1n) is 5.60. The first-order chi connectivity index (χ1) is 6.29. The Bertz CT molecular complexity index is 159. The summed E-state index contributed by atoms with van der Waals surface area (Å²) in [5, 5.41) is 3.67. The number of nitrogens with one attached hydrogen (secondary N) is 1. The van der Waals surface area contributed by atoms with Crippen molar-refractivity contribution < 1.29 is 4.74 Å². The molecule has 0 atom stereocenters. The summed E-state index contributed by atoms with van der Waals surface area (Å²) >= 11 is 0. The van der Waals surface area contributed by atoms with Gasteiger partial charge in [0.05, 0.1) is 0 Å². The molecule has 1 aliphatic heterocycles. The molecule has 1 N–H and O–H groups in total. The lowest BCUT2D eigenvalue weighted by Gasteiger charge is -2.37. The molecule has 2 heteroatoms. The van der Waals surface area contributed by atoms with Crippen molar-refractivity contribution in [3.8, 4) is 0 Å². The Morgan fingerprint density at radius 1 is 1.31 bits per heavy atom. The molecule has 2 aliphatic rings. The molecule has 2 nitrogen and oxygen atoms in total. The van der Waals surface area contributed by atoms with Crippen LogP contribution in [0.3, 0.4) is 0 Å². The highest BCUT2D eigenvalue weighted by Gasteiger charge is 2.28.